The molecule has 29 heavy (non-hydrogen) atoms. The van der Waals surface area contributed by atoms with Crippen LogP contribution < -0.4 is 5.32 Å². The Morgan fingerprint density at radius 2 is 1.52 bits per heavy atom. The van der Waals surface area contributed by atoms with Gasteiger partial charge in [0.15, 0.2) is 12.4 Å². The largest absolute Gasteiger partial charge is 0.466 e. The summed E-state index contributed by atoms with van der Waals surface area (Å²) in [5, 5.41) is 2.71. The van der Waals surface area contributed by atoms with Crippen LogP contribution in [0.5, 0.6) is 0 Å². The number of carbonyl (C=O) groups excluding carboxylic acids is 4. The van der Waals surface area contributed by atoms with Gasteiger partial charge in [-0.1, -0.05) is 30.3 Å². The maximum Gasteiger partial charge on any atom is 0.354 e. The number of ketones is 1. The van der Waals surface area contributed by atoms with Crippen molar-refractivity contribution in [3.63, 3.8) is 0 Å². The number of hydrogen-bond acceptors (Lipinski definition) is 8. The summed E-state index contributed by atoms with van der Waals surface area (Å²) in [4.78, 5) is 47.2. The third-order valence-corrected chi connectivity index (χ3v) is 3.70. The first-order valence-electron chi connectivity index (χ1n) is 8.45. The van der Waals surface area contributed by atoms with Crippen molar-refractivity contribution < 1.29 is 33.4 Å². The summed E-state index contributed by atoms with van der Waals surface area (Å²) in [5.41, 5.74) is 0.950. The molecule has 2 aromatic rings. The fraction of sp³-hybridized carbons (Fsp3) is 0.143. The number of carbonyl (C=O) groups is 4. The van der Waals surface area contributed by atoms with Crippen molar-refractivity contribution in [3.05, 3.63) is 77.5 Å². The molecule has 1 N–H and O–H groups in total. The molecule has 0 aliphatic carbocycles. The molecule has 0 saturated carbocycles. The molecule has 0 atom stereocenters. The van der Waals surface area contributed by atoms with Gasteiger partial charge in [-0.2, -0.15) is 0 Å². The summed E-state index contributed by atoms with van der Waals surface area (Å²) in [5.74, 6) is -2.48. The highest BCUT2D eigenvalue weighted by Crippen LogP contribution is 2.14. The molecule has 0 aliphatic heterocycles. The first kappa shape index (κ1) is 21.4. The van der Waals surface area contributed by atoms with Crippen LogP contribution in [0.3, 0.4) is 0 Å². The fourth-order valence-corrected chi connectivity index (χ4v) is 2.20. The van der Waals surface area contributed by atoms with E-state index in [0.29, 0.717) is 11.3 Å². The summed E-state index contributed by atoms with van der Waals surface area (Å²) in [6, 6.07) is 14.4. The molecule has 8 nitrogen and oxygen atoms in total. The molecule has 0 heterocycles. The quantitative estimate of drug-likeness (QED) is 0.313. The van der Waals surface area contributed by atoms with Crippen molar-refractivity contribution in [2.75, 3.05) is 26.1 Å². The normalized spacial score (nSPS) is 10.6. The van der Waals surface area contributed by atoms with Crippen LogP contribution in [0.1, 0.15) is 20.7 Å². The van der Waals surface area contributed by atoms with E-state index in [1.807, 2.05) is 0 Å². The molecule has 0 bridgehead atoms. The fourth-order valence-electron chi connectivity index (χ4n) is 2.20. The number of esters is 3. The minimum Gasteiger partial charge on any atom is -0.466 e. The van der Waals surface area contributed by atoms with Gasteiger partial charge in [0, 0.05) is 11.3 Å². The molecular weight excluding hydrogens is 378 g/mol. The summed E-state index contributed by atoms with van der Waals surface area (Å²) >= 11 is 0. The number of methoxy groups -OCH3 is 2. The number of nitrogens with one attached hydrogen (secondary N) is 1. The molecule has 0 aliphatic rings. The maximum atomic E-state index is 12.1. The van der Waals surface area contributed by atoms with Gasteiger partial charge in [-0.3, -0.25) is 4.79 Å². The zero-order chi connectivity index (χ0) is 21.2. The molecule has 0 aromatic heterocycles. The highest BCUT2D eigenvalue weighted by molar-refractivity contribution is 6.00. The van der Waals surface area contributed by atoms with Crippen molar-refractivity contribution in [2.24, 2.45) is 0 Å². The summed E-state index contributed by atoms with van der Waals surface area (Å²) in [6.45, 7) is -0.378. The molecule has 2 aromatic carbocycles. The molecule has 150 valence electrons. The Balaban J connectivity index is 2.00. The minimum atomic E-state index is -0.765. The SMILES string of the molecule is COC(=O)/C=C(/Nc1ccc(C(=O)OCC(=O)c2ccccc2)cc1)C(=O)OC. The molecule has 0 fully saturated rings. The topological polar surface area (TPSA) is 108 Å². The van der Waals surface area contributed by atoms with E-state index in [9.17, 15) is 19.2 Å². The van der Waals surface area contributed by atoms with Crippen LogP contribution in [0, 0.1) is 0 Å². The highest BCUT2D eigenvalue weighted by Gasteiger charge is 2.14. The highest BCUT2D eigenvalue weighted by atomic mass is 16.5. The van der Waals surface area contributed by atoms with E-state index in [4.69, 9.17) is 4.74 Å². The number of rotatable bonds is 8. The van der Waals surface area contributed by atoms with Crippen molar-refractivity contribution in [2.45, 2.75) is 0 Å². The molecule has 0 spiro atoms. The van der Waals surface area contributed by atoms with E-state index in [0.717, 1.165) is 6.08 Å². The zero-order valence-corrected chi connectivity index (χ0v) is 15.8. The predicted octanol–water partition coefficient (Wildman–Crippen LogP) is 2.37. The Bertz CT molecular complexity index is 918. The van der Waals surface area contributed by atoms with Gasteiger partial charge in [0.2, 0.25) is 0 Å². The van der Waals surface area contributed by atoms with Gasteiger partial charge in [-0.05, 0) is 24.3 Å². The van der Waals surface area contributed by atoms with Gasteiger partial charge in [-0.25, -0.2) is 14.4 Å². The van der Waals surface area contributed by atoms with E-state index in [1.165, 1.54) is 38.5 Å². The zero-order valence-electron chi connectivity index (χ0n) is 15.8. The molecule has 0 unspecified atom stereocenters. The minimum absolute atomic E-state index is 0.136. The van der Waals surface area contributed by atoms with Gasteiger partial charge >= 0.3 is 17.9 Å². The summed E-state index contributed by atoms with van der Waals surface area (Å²) < 4.78 is 14.1. The smallest absolute Gasteiger partial charge is 0.354 e. The molecular formula is C21H19NO7. The molecule has 8 heteroatoms. The third kappa shape index (κ3) is 6.31. The summed E-state index contributed by atoms with van der Waals surface area (Å²) in [7, 11) is 2.35. The van der Waals surface area contributed by atoms with E-state index >= 15 is 0 Å². The average molecular weight is 397 g/mol. The Labute approximate surface area is 167 Å². The lowest BCUT2D eigenvalue weighted by Crippen LogP contribution is -2.16. The number of anilines is 1. The van der Waals surface area contributed by atoms with Crippen LogP contribution in [0.4, 0.5) is 5.69 Å². The van der Waals surface area contributed by atoms with Crippen LogP contribution in [-0.2, 0) is 23.8 Å². The van der Waals surface area contributed by atoms with Gasteiger partial charge in [-0.15, -0.1) is 0 Å². The number of hydrogen-bond donors (Lipinski definition) is 1. The van der Waals surface area contributed by atoms with E-state index in [1.54, 1.807) is 30.3 Å². The summed E-state index contributed by atoms with van der Waals surface area (Å²) in [6.07, 6.45) is 0.948. The first-order valence-corrected chi connectivity index (χ1v) is 8.45. The second-order valence-corrected chi connectivity index (χ2v) is 5.64. The lowest BCUT2D eigenvalue weighted by atomic mass is 10.1. The van der Waals surface area contributed by atoms with Crippen LogP contribution >= 0.6 is 0 Å². The van der Waals surface area contributed by atoms with Crippen molar-refractivity contribution >= 4 is 29.4 Å². The van der Waals surface area contributed by atoms with Crippen molar-refractivity contribution in [3.8, 4) is 0 Å². The van der Waals surface area contributed by atoms with Gasteiger partial charge in [0.1, 0.15) is 5.70 Å². The van der Waals surface area contributed by atoms with Crippen LogP contribution in [-0.4, -0.2) is 44.5 Å². The standard InChI is InChI=1S/C21H19NO7/c1-27-19(24)12-17(21(26)28-2)22-16-10-8-15(9-11-16)20(25)29-13-18(23)14-6-4-3-5-7-14/h3-12,22H,13H2,1-2H3/b17-12+. The first-order chi connectivity index (χ1) is 13.9. The Morgan fingerprint density at radius 3 is 2.10 bits per heavy atom. The lowest BCUT2D eigenvalue weighted by Gasteiger charge is -2.10. The Kier molecular flexibility index (Phi) is 7.67. The van der Waals surface area contributed by atoms with Crippen LogP contribution in [0.25, 0.3) is 0 Å². The second-order valence-electron chi connectivity index (χ2n) is 5.64. The van der Waals surface area contributed by atoms with Crippen molar-refractivity contribution in [1.29, 1.82) is 0 Å². The molecule has 0 radical (unpaired) electrons. The third-order valence-electron chi connectivity index (χ3n) is 3.70. The molecule has 2 rings (SSSR count). The lowest BCUT2D eigenvalue weighted by molar-refractivity contribution is -0.138. The van der Waals surface area contributed by atoms with Crippen LogP contribution in [0.15, 0.2) is 66.4 Å². The Hall–Kier alpha value is -3.94. The van der Waals surface area contributed by atoms with Gasteiger partial charge in [0.25, 0.3) is 0 Å². The Morgan fingerprint density at radius 1 is 0.862 bits per heavy atom. The number of benzene rings is 2. The number of Topliss-reactive ketones (excluding diaryl/α,β-unsaturated/α-hetero) is 1. The second kappa shape index (κ2) is 10.4. The monoisotopic (exact) mass is 397 g/mol. The molecule has 0 amide bonds. The van der Waals surface area contributed by atoms with Crippen LogP contribution in [0.2, 0.25) is 0 Å². The maximum absolute atomic E-state index is 12.1. The van der Waals surface area contributed by atoms with Gasteiger partial charge in [0.05, 0.1) is 25.9 Å². The van der Waals surface area contributed by atoms with E-state index in [-0.39, 0.29) is 23.7 Å². The van der Waals surface area contributed by atoms with E-state index < -0.39 is 17.9 Å². The van der Waals surface area contributed by atoms with Gasteiger partial charge < -0.3 is 19.5 Å². The average Bonchev–Trinajstić information content (AvgIpc) is 2.77. The number of ether oxygens (including phenoxy) is 3. The predicted molar refractivity (Wildman–Crippen MR) is 103 cm³/mol. The molecule has 0 saturated heterocycles. The van der Waals surface area contributed by atoms with Crippen molar-refractivity contribution in [1.82, 2.24) is 0 Å². The van der Waals surface area contributed by atoms with E-state index in [2.05, 4.69) is 14.8 Å².